The van der Waals surface area contributed by atoms with E-state index in [4.69, 9.17) is 4.74 Å². The van der Waals surface area contributed by atoms with Gasteiger partial charge >= 0.3 is 0 Å². The van der Waals surface area contributed by atoms with Gasteiger partial charge in [0.2, 0.25) is 0 Å². The number of hydrogen-bond acceptors (Lipinski definition) is 4. The summed E-state index contributed by atoms with van der Waals surface area (Å²) in [4.78, 5) is 20.2. The lowest BCUT2D eigenvalue weighted by atomic mass is 10.2. The van der Waals surface area contributed by atoms with E-state index in [2.05, 4.69) is 37.7 Å². The molecule has 0 spiro atoms. The summed E-state index contributed by atoms with van der Waals surface area (Å²) in [6, 6.07) is 0. The molecule has 0 saturated carbocycles. The number of H-pyrrole nitrogens is 1. The lowest BCUT2D eigenvalue weighted by Gasteiger charge is -2.33. The maximum Gasteiger partial charge on any atom is 0.267 e. The fourth-order valence-electron chi connectivity index (χ4n) is 1.75. The maximum absolute atomic E-state index is 11.4. The Hall–Kier alpha value is -0.880. The Bertz CT molecular complexity index is 421. The number of aromatic nitrogens is 2. The molecule has 0 radical (unpaired) electrons. The third kappa shape index (κ3) is 2.27. The van der Waals surface area contributed by atoms with Crippen molar-refractivity contribution in [2.45, 2.75) is 19.4 Å². The van der Waals surface area contributed by atoms with E-state index in [0.29, 0.717) is 16.9 Å². The lowest BCUT2D eigenvalue weighted by molar-refractivity contribution is 0.0381. The highest BCUT2D eigenvalue weighted by molar-refractivity contribution is 9.10. The zero-order chi connectivity index (χ0) is 11.5. The van der Waals surface area contributed by atoms with E-state index in [1.54, 1.807) is 0 Å². The van der Waals surface area contributed by atoms with Crippen LogP contribution in [0.4, 0.5) is 5.82 Å². The summed E-state index contributed by atoms with van der Waals surface area (Å²) in [6.07, 6.45) is 2.62. The zero-order valence-electron chi connectivity index (χ0n) is 9.07. The first-order chi connectivity index (χ1) is 7.72. The number of rotatable bonds is 2. The van der Waals surface area contributed by atoms with Crippen molar-refractivity contribution < 1.29 is 4.74 Å². The van der Waals surface area contributed by atoms with Crippen molar-refractivity contribution in [3.8, 4) is 0 Å². The largest absolute Gasteiger partial charge is 0.375 e. The maximum atomic E-state index is 11.4. The van der Waals surface area contributed by atoms with Gasteiger partial charge in [-0.3, -0.25) is 4.79 Å². The van der Waals surface area contributed by atoms with Crippen LogP contribution in [0.2, 0.25) is 0 Å². The zero-order valence-corrected chi connectivity index (χ0v) is 10.7. The summed E-state index contributed by atoms with van der Waals surface area (Å²) >= 11 is 3.27. The van der Waals surface area contributed by atoms with Crippen LogP contribution in [0, 0.1) is 0 Å². The molecular weight excluding hydrogens is 274 g/mol. The van der Waals surface area contributed by atoms with Gasteiger partial charge in [0.05, 0.1) is 19.0 Å². The Kier molecular flexibility index (Phi) is 3.60. The smallest absolute Gasteiger partial charge is 0.267 e. The van der Waals surface area contributed by atoms with Gasteiger partial charge in [-0.2, -0.15) is 0 Å². The number of anilines is 1. The van der Waals surface area contributed by atoms with Crippen molar-refractivity contribution >= 4 is 21.7 Å². The molecule has 5 nitrogen and oxygen atoms in total. The van der Waals surface area contributed by atoms with E-state index in [9.17, 15) is 4.79 Å². The number of nitrogens with zero attached hydrogens (tertiary/aromatic N) is 2. The van der Waals surface area contributed by atoms with Gasteiger partial charge in [-0.05, 0) is 22.4 Å². The monoisotopic (exact) mass is 287 g/mol. The molecule has 1 aliphatic rings. The van der Waals surface area contributed by atoms with Gasteiger partial charge in [-0.25, -0.2) is 4.98 Å². The number of nitrogens with one attached hydrogen (secondary N) is 1. The Morgan fingerprint density at radius 3 is 3.31 bits per heavy atom. The molecule has 1 aromatic rings. The predicted molar refractivity (Wildman–Crippen MR) is 64.8 cm³/mol. The average Bonchev–Trinajstić information content (AvgIpc) is 2.33. The first-order valence-electron chi connectivity index (χ1n) is 5.32. The summed E-state index contributed by atoms with van der Waals surface area (Å²) in [5.41, 5.74) is -0.149. The fraction of sp³-hybridized carbons (Fsp3) is 0.600. The van der Waals surface area contributed by atoms with Gasteiger partial charge in [0, 0.05) is 13.1 Å². The van der Waals surface area contributed by atoms with Crippen LogP contribution in [0.3, 0.4) is 0 Å². The van der Waals surface area contributed by atoms with Gasteiger partial charge in [-0.1, -0.05) is 6.92 Å². The van der Waals surface area contributed by atoms with Crippen molar-refractivity contribution in [3.05, 3.63) is 21.2 Å². The van der Waals surface area contributed by atoms with Gasteiger partial charge < -0.3 is 14.6 Å². The van der Waals surface area contributed by atoms with Crippen LogP contribution in [-0.4, -0.2) is 35.8 Å². The minimum Gasteiger partial charge on any atom is -0.375 e. The summed E-state index contributed by atoms with van der Waals surface area (Å²) in [6.45, 7) is 4.32. The Labute approximate surface area is 102 Å². The van der Waals surface area contributed by atoms with Crippen molar-refractivity contribution in [1.29, 1.82) is 0 Å². The standard InChI is InChI=1S/C10H14BrN3O2/c1-2-7-5-14(3-4-16-7)9-8(11)10(15)13-6-12-9/h6-7H,2-5H2,1H3,(H,12,13,15). The van der Waals surface area contributed by atoms with E-state index < -0.39 is 0 Å². The molecule has 16 heavy (non-hydrogen) atoms. The number of hydrogen-bond donors (Lipinski definition) is 1. The quantitative estimate of drug-likeness (QED) is 0.887. The molecule has 0 bridgehead atoms. The second-order valence-electron chi connectivity index (χ2n) is 3.72. The highest BCUT2D eigenvalue weighted by Gasteiger charge is 2.22. The summed E-state index contributed by atoms with van der Waals surface area (Å²) < 4.78 is 6.07. The normalized spacial score (nSPS) is 21.1. The second kappa shape index (κ2) is 4.97. The Balaban J connectivity index is 2.23. The first kappa shape index (κ1) is 11.6. The Morgan fingerprint density at radius 1 is 1.75 bits per heavy atom. The van der Waals surface area contributed by atoms with Crippen LogP contribution >= 0.6 is 15.9 Å². The number of aromatic amines is 1. The van der Waals surface area contributed by atoms with Gasteiger partial charge in [0.1, 0.15) is 10.3 Å². The van der Waals surface area contributed by atoms with Crippen LogP contribution in [0.25, 0.3) is 0 Å². The van der Waals surface area contributed by atoms with Crippen LogP contribution in [0.5, 0.6) is 0 Å². The average molecular weight is 288 g/mol. The van der Waals surface area contributed by atoms with E-state index in [0.717, 1.165) is 19.5 Å². The second-order valence-corrected chi connectivity index (χ2v) is 4.51. The van der Waals surface area contributed by atoms with E-state index in [1.165, 1.54) is 6.33 Å². The molecule has 1 aliphatic heterocycles. The molecule has 88 valence electrons. The predicted octanol–water partition coefficient (Wildman–Crippen LogP) is 1.15. The van der Waals surface area contributed by atoms with Crippen molar-refractivity contribution in [2.75, 3.05) is 24.6 Å². The summed E-state index contributed by atoms with van der Waals surface area (Å²) in [5.74, 6) is 0.700. The first-order valence-corrected chi connectivity index (χ1v) is 6.11. The molecule has 6 heteroatoms. The number of halogens is 1. The molecule has 1 atom stereocenters. The molecule has 1 fully saturated rings. The van der Waals surface area contributed by atoms with Crippen LogP contribution in [0.1, 0.15) is 13.3 Å². The van der Waals surface area contributed by atoms with E-state index in [-0.39, 0.29) is 11.7 Å². The molecule has 0 aliphatic carbocycles. The molecule has 1 aromatic heterocycles. The van der Waals surface area contributed by atoms with Crippen molar-refractivity contribution in [3.63, 3.8) is 0 Å². The number of ether oxygens (including phenoxy) is 1. The SMILES string of the molecule is CCC1CN(c2nc[nH]c(=O)c2Br)CCO1. The van der Waals surface area contributed by atoms with Gasteiger partial charge in [-0.15, -0.1) is 0 Å². The highest BCUT2D eigenvalue weighted by Crippen LogP contribution is 2.21. The molecular formula is C10H14BrN3O2. The van der Waals surface area contributed by atoms with Gasteiger partial charge in [0.25, 0.3) is 5.56 Å². The third-order valence-electron chi connectivity index (χ3n) is 2.67. The minimum absolute atomic E-state index is 0.149. The van der Waals surface area contributed by atoms with E-state index >= 15 is 0 Å². The molecule has 2 rings (SSSR count). The molecule has 0 aromatic carbocycles. The summed E-state index contributed by atoms with van der Waals surface area (Å²) in [7, 11) is 0. The van der Waals surface area contributed by atoms with Crippen LogP contribution in [0.15, 0.2) is 15.6 Å². The molecule has 1 saturated heterocycles. The minimum atomic E-state index is -0.149. The lowest BCUT2D eigenvalue weighted by Crippen LogP contribution is -2.43. The van der Waals surface area contributed by atoms with Crippen LogP contribution < -0.4 is 10.5 Å². The van der Waals surface area contributed by atoms with Crippen molar-refractivity contribution in [1.82, 2.24) is 9.97 Å². The molecule has 0 amide bonds. The Morgan fingerprint density at radius 2 is 2.56 bits per heavy atom. The topological polar surface area (TPSA) is 58.2 Å². The number of morpholine rings is 1. The highest BCUT2D eigenvalue weighted by atomic mass is 79.9. The molecule has 2 heterocycles. The molecule has 1 unspecified atom stereocenters. The van der Waals surface area contributed by atoms with Crippen molar-refractivity contribution in [2.24, 2.45) is 0 Å². The van der Waals surface area contributed by atoms with Gasteiger partial charge in [0.15, 0.2) is 0 Å². The van der Waals surface area contributed by atoms with Crippen LogP contribution in [-0.2, 0) is 4.74 Å². The fourth-order valence-corrected chi connectivity index (χ4v) is 2.22. The third-order valence-corrected chi connectivity index (χ3v) is 3.39. The van der Waals surface area contributed by atoms with E-state index in [1.807, 2.05) is 0 Å². The summed E-state index contributed by atoms with van der Waals surface area (Å²) in [5, 5.41) is 0. The molecule has 1 N–H and O–H groups in total.